The summed E-state index contributed by atoms with van der Waals surface area (Å²) >= 11 is 0. The summed E-state index contributed by atoms with van der Waals surface area (Å²) < 4.78 is 5.29. The van der Waals surface area contributed by atoms with Crippen molar-refractivity contribution in [1.29, 1.82) is 0 Å². The highest BCUT2D eigenvalue weighted by Gasteiger charge is 2.25. The lowest BCUT2D eigenvalue weighted by Crippen LogP contribution is -2.48. The van der Waals surface area contributed by atoms with Crippen molar-refractivity contribution >= 4 is 0 Å². The molecule has 0 radical (unpaired) electrons. The molecule has 1 rings (SSSR count). The molecule has 3 nitrogen and oxygen atoms in total. The van der Waals surface area contributed by atoms with E-state index in [-0.39, 0.29) is 5.54 Å². The normalized spacial score (nSPS) is 15.6. The number of likely N-dealkylation sites (N-methyl/N-ethyl adjacent to an activating group) is 1. The zero-order chi connectivity index (χ0) is 11.5. The van der Waals surface area contributed by atoms with E-state index in [1.165, 1.54) is 5.56 Å². The van der Waals surface area contributed by atoms with Crippen LogP contribution >= 0.6 is 0 Å². The average Bonchev–Trinajstić information content (AvgIpc) is 2.63. The fourth-order valence-electron chi connectivity index (χ4n) is 1.59. The largest absolute Gasteiger partial charge is 0.469 e. The van der Waals surface area contributed by atoms with Crippen LogP contribution < -0.4 is 5.73 Å². The van der Waals surface area contributed by atoms with Gasteiger partial charge in [0.05, 0.1) is 6.26 Å². The molecule has 0 aromatic carbocycles. The van der Waals surface area contributed by atoms with E-state index < -0.39 is 0 Å². The van der Waals surface area contributed by atoms with Crippen molar-refractivity contribution in [1.82, 2.24) is 4.90 Å². The van der Waals surface area contributed by atoms with Crippen LogP contribution in [-0.4, -0.2) is 24.0 Å². The van der Waals surface area contributed by atoms with E-state index in [2.05, 4.69) is 25.8 Å². The third-order valence-corrected chi connectivity index (χ3v) is 3.50. The Hall–Kier alpha value is -0.800. The van der Waals surface area contributed by atoms with Gasteiger partial charge in [-0.25, -0.2) is 0 Å². The van der Waals surface area contributed by atoms with Gasteiger partial charge in [0, 0.05) is 24.2 Å². The minimum absolute atomic E-state index is 0.0731. The van der Waals surface area contributed by atoms with Crippen LogP contribution in [0, 0.1) is 6.92 Å². The van der Waals surface area contributed by atoms with Gasteiger partial charge >= 0.3 is 0 Å². The maximum atomic E-state index is 5.82. The molecule has 1 atom stereocenters. The monoisotopic (exact) mass is 210 g/mol. The van der Waals surface area contributed by atoms with Gasteiger partial charge in [0.25, 0.3) is 0 Å². The van der Waals surface area contributed by atoms with Crippen molar-refractivity contribution in [3.05, 3.63) is 23.7 Å². The molecule has 1 heterocycles. The molecule has 1 aromatic rings. The summed E-state index contributed by atoms with van der Waals surface area (Å²) in [6.45, 7) is 7.93. The molecule has 0 aliphatic heterocycles. The highest BCUT2D eigenvalue weighted by atomic mass is 16.3. The zero-order valence-corrected chi connectivity index (χ0v) is 10.2. The Morgan fingerprint density at radius 3 is 2.60 bits per heavy atom. The van der Waals surface area contributed by atoms with Gasteiger partial charge in [-0.05, 0) is 33.4 Å². The Morgan fingerprint density at radius 2 is 2.20 bits per heavy atom. The van der Waals surface area contributed by atoms with Crippen LogP contribution in [0.3, 0.4) is 0 Å². The summed E-state index contributed by atoms with van der Waals surface area (Å²) in [6.07, 6.45) is 2.79. The van der Waals surface area contributed by atoms with Crippen LogP contribution in [0.4, 0.5) is 0 Å². The number of hydrogen-bond acceptors (Lipinski definition) is 3. The first-order valence-corrected chi connectivity index (χ1v) is 5.47. The van der Waals surface area contributed by atoms with Gasteiger partial charge in [0.15, 0.2) is 0 Å². The number of hydrogen-bond donors (Lipinski definition) is 1. The quantitative estimate of drug-likeness (QED) is 0.809. The molecule has 0 aliphatic carbocycles. The topological polar surface area (TPSA) is 42.4 Å². The van der Waals surface area contributed by atoms with E-state index in [4.69, 9.17) is 10.2 Å². The summed E-state index contributed by atoms with van der Waals surface area (Å²) in [5, 5.41) is 0. The molecular weight excluding hydrogens is 188 g/mol. The molecule has 0 aliphatic rings. The summed E-state index contributed by atoms with van der Waals surface area (Å²) in [4.78, 5) is 2.30. The third-order valence-electron chi connectivity index (χ3n) is 3.50. The first kappa shape index (κ1) is 12.3. The smallest absolute Gasteiger partial charge is 0.105 e. The Balaban J connectivity index is 2.70. The van der Waals surface area contributed by atoms with Crippen molar-refractivity contribution in [2.45, 2.75) is 39.3 Å². The molecule has 0 saturated carbocycles. The number of nitrogens with two attached hydrogens (primary N) is 1. The second-order valence-corrected chi connectivity index (χ2v) is 4.41. The van der Waals surface area contributed by atoms with E-state index in [1.54, 1.807) is 6.26 Å². The lowest BCUT2D eigenvalue weighted by atomic mass is 9.96. The molecule has 3 heteroatoms. The van der Waals surface area contributed by atoms with E-state index in [1.807, 2.05) is 13.0 Å². The predicted octanol–water partition coefficient (Wildman–Crippen LogP) is 2.15. The Kier molecular flexibility index (Phi) is 3.94. The fraction of sp³-hybridized carbons (Fsp3) is 0.667. The number of furan rings is 1. The lowest BCUT2D eigenvalue weighted by molar-refractivity contribution is 0.131. The van der Waals surface area contributed by atoms with Gasteiger partial charge < -0.3 is 10.2 Å². The second kappa shape index (κ2) is 4.81. The minimum Gasteiger partial charge on any atom is -0.469 e. The zero-order valence-electron chi connectivity index (χ0n) is 10.2. The molecular formula is C12H22N2O. The molecule has 0 fully saturated rings. The average molecular weight is 210 g/mol. The first-order valence-electron chi connectivity index (χ1n) is 5.47. The SMILES string of the molecule is CCC(C)(CN)N(C)Cc1ccoc1C. The van der Waals surface area contributed by atoms with Crippen LogP contribution in [0.15, 0.2) is 16.7 Å². The maximum absolute atomic E-state index is 5.82. The molecule has 0 amide bonds. The molecule has 86 valence electrons. The number of aryl methyl sites for hydroxylation is 1. The van der Waals surface area contributed by atoms with Crippen LogP contribution in [0.25, 0.3) is 0 Å². The molecule has 0 bridgehead atoms. The van der Waals surface area contributed by atoms with Crippen molar-refractivity contribution in [2.75, 3.05) is 13.6 Å². The number of rotatable bonds is 5. The van der Waals surface area contributed by atoms with Gasteiger partial charge in [-0.1, -0.05) is 6.92 Å². The summed E-state index contributed by atoms with van der Waals surface area (Å²) in [7, 11) is 2.11. The summed E-state index contributed by atoms with van der Waals surface area (Å²) in [5.74, 6) is 0.998. The first-order chi connectivity index (χ1) is 7.03. The van der Waals surface area contributed by atoms with Crippen molar-refractivity contribution in [3.63, 3.8) is 0 Å². The Bertz CT molecular complexity index is 302. The molecule has 0 spiro atoms. The fourth-order valence-corrected chi connectivity index (χ4v) is 1.59. The van der Waals surface area contributed by atoms with E-state index in [9.17, 15) is 0 Å². The molecule has 1 unspecified atom stereocenters. The van der Waals surface area contributed by atoms with Gasteiger partial charge in [0.1, 0.15) is 5.76 Å². The second-order valence-electron chi connectivity index (χ2n) is 4.41. The van der Waals surface area contributed by atoms with Crippen molar-refractivity contribution < 1.29 is 4.42 Å². The van der Waals surface area contributed by atoms with Crippen LogP contribution in [0.1, 0.15) is 31.6 Å². The lowest BCUT2D eigenvalue weighted by Gasteiger charge is -2.37. The highest BCUT2D eigenvalue weighted by molar-refractivity contribution is 5.15. The standard InChI is InChI=1S/C12H22N2O/c1-5-12(3,9-13)14(4)8-11-6-7-15-10(11)2/h6-7H,5,8-9,13H2,1-4H3. The molecule has 15 heavy (non-hydrogen) atoms. The van der Waals surface area contributed by atoms with E-state index in [0.29, 0.717) is 6.54 Å². The predicted molar refractivity (Wildman–Crippen MR) is 62.7 cm³/mol. The van der Waals surface area contributed by atoms with Gasteiger partial charge in [-0.3, -0.25) is 4.90 Å². The molecule has 0 saturated heterocycles. The summed E-state index contributed by atoms with van der Waals surface area (Å²) in [5.41, 5.74) is 7.13. The van der Waals surface area contributed by atoms with Crippen molar-refractivity contribution in [3.8, 4) is 0 Å². The van der Waals surface area contributed by atoms with Crippen molar-refractivity contribution in [2.24, 2.45) is 5.73 Å². The third kappa shape index (κ3) is 2.61. The maximum Gasteiger partial charge on any atom is 0.105 e. The van der Waals surface area contributed by atoms with E-state index in [0.717, 1.165) is 18.7 Å². The summed E-state index contributed by atoms with van der Waals surface area (Å²) in [6, 6.07) is 2.03. The molecule has 1 aromatic heterocycles. The van der Waals surface area contributed by atoms with Gasteiger partial charge in [-0.2, -0.15) is 0 Å². The minimum atomic E-state index is 0.0731. The van der Waals surface area contributed by atoms with Crippen LogP contribution in [-0.2, 0) is 6.54 Å². The van der Waals surface area contributed by atoms with Crippen LogP contribution in [0.5, 0.6) is 0 Å². The molecule has 2 N–H and O–H groups in total. The van der Waals surface area contributed by atoms with Crippen LogP contribution in [0.2, 0.25) is 0 Å². The van der Waals surface area contributed by atoms with E-state index >= 15 is 0 Å². The Labute approximate surface area is 92.2 Å². The van der Waals surface area contributed by atoms with Gasteiger partial charge in [-0.15, -0.1) is 0 Å². The highest BCUT2D eigenvalue weighted by Crippen LogP contribution is 2.20. The number of nitrogens with zero attached hydrogens (tertiary/aromatic N) is 1. The Morgan fingerprint density at radius 1 is 1.53 bits per heavy atom. The van der Waals surface area contributed by atoms with Gasteiger partial charge in [0.2, 0.25) is 0 Å².